The fraction of sp³-hybridized carbons (Fsp3) is 0.400. The van der Waals surface area contributed by atoms with Gasteiger partial charge in [0.2, 0.25) is 0 Å². The van der Waals surface area contributed by atoms with Crippen molar-refractivity contribution in [3.05, 3.63) is 65.3 Å². The zero-order chi connectivity index (χ0) is 31.3. The van der Waals surface area contributed by atoms with E-state index in [4.69, 9.17) is 14.0 Å². The Kier molecular flexibility index (Phi) is 9.86. The minimum absolute atomic E-state index is 0.0440. The first-order valence-electron chi connectivity index (χ1n) is 13.9. The number of urea groups is 2. The van der Waals surface area contributed by atoms with E-state index in [0.717, 1.165) is 0 Å². The third kappa shape index (κ3) is 7.60. The van der Waals surface area contributed by atoms with Gasteiger partial charge in [-0.05, 0) is 51.1 Å². The molecular weight excluding hydrogens is 559 g/mol. The van der Waals surface area contributed by atoms with Crippen molar-refractivity contribution in [2.75, 3.05) is 49.8 Å². The number of hydrogen-bond acceptors (Lipinski definition) is 7. The highest BCUT2D eigenvalue weighted by Crippen LogP contribution is 2.28. The molecule has 1 aliphatic rings. The number of likely N-dealkylation sites (N-methyl/N-ethyl adjacent to an activating group) is 1. The van der Waals surface area contributed by atoms with Crippen LogP contribution < -0.4 is 20.7 Å². The highest BCUT2D eigenvalue weighted by molar-refractivity contribution is 6.01. The van der Waals surface area contributed by atoms with Crippen LogP contribution in [-0.2, 0) is 4.74 Å². The molecule has 2 aromatic carbocycles. The maximum absolute atomic E-state index is 13.6. The van der Waals surface area contributed by atoms with Crippen LogP contribution in [0.3, 0.4) is 0 Å². The average molecular weight is 597 g/mol. The summed E-state index contributed by atoms with van der Waals surface area (Å²) in [5.41, 5.74) is 1.97. The maximum atomic E-state index is 13.6. The van der Waals surface area contributed by atoms with Crippen LogP contribution in [0.5, 0.6) is 5.75 Å². The minimum atomic E-state index is -0.602. The molecule has 5 amide bonds. The Morgan fingerprint density at radius 2 is 1.77 bits per heavy atom. The number of carbonyl (C=O) groups excluding carboxylic acids is 3. The summed E-state index contributed by atoms with van der Waals surface area (Å²) in [7, 11) is 3.24. The standard InChI is InChI=1S/C30H37FN6O6/c1-17-14-37(30(40)34-27-19(3)35-43-20(27)4)18(2)16-42-25-13-23(33-29(39)32-22-9-7-8-21(31)12-22)10-11-24(25)28(38)36(5)15-26(17)41-6/h7-13,17-18,26H,14-16H2,1-6H3,(H,34,40)(H2,32,33,39)/t17-,18-,26+/m1/s1. The molecule has 0 spiro atoms. The topological polar surface area (TPSA) is 138 Å². The van der Waals surface area contributed by atoms with Crippen LogP contribution in [0.25, 0.3) is 0 Å². The van der Waals surface area contributed by atoms with Crippen molar-refractivity contribution in [2.24, 2.45) is 5.92 Å². The molecule has 0 unspecified atom stereocenters. The molecule has 4 rings (SSSR count). The van der Waals surface area contributed by atoms with E-state index in [1.165, 1.54) is 29.2 Å². The number of aromatic nitrogens is 1. The normalized spacial score (nSPS) is 19.4. The molecule has 3 aromatic rings. The second-order valence-corrected chi connectivity index (χ2v) is 10.7. The van der Waals surface area contributed by atoms with Crippen LogP contribution in [-0.4, -0.2) is 78.9 Å². The van der Waals surface area contributed by atoms with Gasteiger partial charge in [0.15, 0.2) is 5.76 Å². The van der Waals surface area contributed by atoms with Crippen LogP contribution in [0.1, 0.15) is 35.7 Å². The first-order valence-corrected chi connectivity index (χ1v) is 13.9. The van der Waals surface area contributed by atoms with Crippen LogP contribution in [0.15, 0.2) is 47.0 Å². The molecule has 1 aromatic heterocycles. The van der Waals surface area contributed by atoms with Crippen molar-refractivity contribution in [1.82, 2.24) is 15.0 Å². The number of benzene rings is 2. The third-order valence-corrected chi connectivity index (χ3v) is 7.31. The fourth-order valence-corrected chi connectivity index (χ4v) is 4.83. The predicted molar refractivity (Wildman–Crippen MR) is 159 cm³/mol. The molecule has 0 bridgehead atoms. The Morgan fingerprint density at radius 3 is 2.42 bits per heavy atom. The zero-order valence-corrected chi connectivity index (χ0v) is 25.1. The number of nitrogens with one attached hydrogen (secondary N) is 3. The molecule has 230 valence electrons. The maximum Gasteiger partial charge on any atom is 0.323 e. The van der Waals surface area contributed by atoms with Gasteiger partial charge in [-0.3, -0.25) is 4.79 Å². The molecule has 2 heterocycles. The second kappa shape index (κ2) is 13.6. The van der Waals surface area contributed by atoms with Crippen molar-refractivity contribution in [2.45, 2.75) is 39.8 Å². The molecule has 0 saturated heterocycles. The average Bonchev–Trinajstić information content (AvgIpc) is 3.28. The number of halogens is 1. The highest BCUT2D eigenvalue weighted by atomic mass is 19.1. The van der Waals surface area contributed by atoms with Crippen LogP contribution in [0, 0.1) is 25.6 Å². The fourth-order valence-electron chi connectivity index (χ4n) is 4.83. The lowest BCUT2D eigenvalue weighted by Crippen LogP contribution is -2.50. The smallest absolute Gasteiger partial charge is 0.323 e. The Hall–Kier alpha value is -4.65. The lowest BCUT2D eigenvalue weighted by molar-refractivity contribution is 0.0174. The molecule has 3 N–H and O–H groups in total. The lowest BCUT2D eigenvalue weighted by Gasteiger charge is -2.36. The van der Waals surface area contributed by atoms with Crippen LogP contribution >= 0.6 is 0 Å². The number of fused-ring (bicyclic) bond motifs is 1. The summed E-state index contributed by atoms with van der Waals surface area (Å²) < 4.78 is 30.6. The summed E-state index contributed by atoms with van der Waals surface area (Å²) in [4.78, 5) is 42.8. The molecule has 12 nitrogen and oxygen atoms in total. The Labute approximate surface area is 249 Å². The van der Waals surface area contributed by atoms with Gasteiger partial charge in [-0.2, -0.15) is 0 Å². The molecule has 0 radical (unpaired) electrons. The number of hydrogen-bond donors (Lipinski definition) is 3. The zero-order valence-electron chi connectivity index (χ0n) is 25.1. The summed E-state index contributed by atoms with van der Waals surface area (Å²) in [5.74, 6) is -0.202. The Balaban J connectivity index is 1.60. The lowest BCUT2D eigenvalue weighted by atomic mass is 10.0. The molecule has 13 heteroatoms. The first-order chi connectivity index (χ1) is 20.5. The second-order valence-electron chi connectivity index (χ2n) is 10.7. The number of methoxy groups -OCH3 is 1. The van der Waals surface area contributed by atoms with E-state index in [0.29, 0.717) is 29.4 Å². The van der Waals surface area contributed by atoms with Crippen LogP contribution in [0.4, 0.5) is 31.0 Å². The van der Waals surface area contributed by atoms with Gasteiger partial charge in [-0.15, -0.1) is 0 Å². The van der Waals surface area contributed by atoms with Gasteiger partial charge in [0.05, 0.1) is 17.7 Å². The van der Waals surface area contributed by atoms with E-state index < -0.39 is 17.9 Å². The van der Waals surface area contributed by atoms with E-state index in [-0.39, 0.29) is 54.1 Å². The van der Waals surface area contributed by atoms with Crippen molar-refractivity contribution in [3.8, 4) is 5.75 Å². The summed E-state index contributed by atoms with van der Waals surface area (Å²) in [6, 6.07) is 8.79. The summed E-state index contributed by atoms with van der Waals surface area (Å²) >= 11 is 0. The monoisotopic (exact) mass is 596 g/mol. The van der Waals surface area contributed by atoms with E-state index in [1.54, 1.807) is 51.1 Å². The van der Waals surface area contributed by atoms with Gasteiger partial charge in [0.1, 0.15) is 29.6 Å². The van der Waals surface area contributed by atoms with Gasteiger partial charge in [-0.25, -0.2) is 14.0 Å². The quantitative estimate of drug-likeness (QED) is 0.380. The molecule has 0 saturated carbocycles. The minimum Gasteiger partial charge on any atom is -0.491 e. The summed E-state index contributed by atoms with van der Waals surface area (Å²) in [6.07, 6.45) is -0.369. The van der Waals surface area contributed by atoms with E-state index in [9.17, 15) is 18.8 Å². The summed E-state index contributed by atoms with van der Waals surface area (Å²) in [6.45, 7) is 7.89. The number of ether oxygens (including phenoxy) is 2. The molecular formula is C30H37FN6O6. The number of nitrogens with zero attached hydrogens (tertiary/aromatic N) is 3. The van der Waals surface area contributed by atoms with Gasteiger partial charge in [0, 0.05) is 50.6 Å². The Bertz CT molecular complexity index is 1460. The molecule has 0 aliphatic carbocycles. The highest BCUT2D eigenvalue weighted by Gasteiger charge is 2.31. The van der Waals surface area contributed by atoms with Gasteiger partial charge in [-0.1, -0.05) is 18.1 Å². The van der Waals surface area contributed by atoms with E-state index in [2.05, 4.69) is 21.1 Å². The SMILES string of the molecule is CO[C@H]1CN(C)C(=O)c2ccc(NC(=O)Nc3cccc(F)c3)cc2OC[C@@H](C)N(C(=O)Nc2c(C)noc2C)C[C@H]1C. The van der Waals surface area contributed by atoms with Gasteiger partial charge >= 0.3 is 12.1 Å². The molecule has 1 aliphatic heterocycles. The van der Waals surface area contributed by atoms with E-state index >= 15 is 0 Å². The number of aryl methyl sites for hydroxylation is 2. The van der Waals surface area contributed by atoms with Gasteiger partial charge in [0.25, 0.3) is 5.91 Å². The number of anilines is 3. The summed E-state index contributed by atoms with van der Waals surface area (Å²) in [5, 5.41) is 12.1. The predicted octanol–water partition coefficient (Wildman–Crippen LogP) is 5.11. The van der Waals surface area contributed by atoms with Crippen molar-refractivity contribution >= 4 is 35.0 Å². The van der Waals surface area contributed by atoms with Gasteiger partial charge < -0.3 is 39.7 Å². The van der Waals surface area contributed by atoms with E-state index in [1.807, 2.05) is 13.8 Å². The van der Waals surface area contributed by atoms with Crippen molar-refractivity contribution in [1.29, 1.82) is 0 Å². The third-order valence-electron chi connectivity index (χ3n) is 7.31. The molecule has 43 heavy (non-hydrogen) atoms. The number of rotatable bonds is 4. The molecule has 0 fully saturated rings. The van der Waals surface area contributed by atoms with Crippen LogP contribution in [0.2, 0.25) is 0 Å². The molecule has 3 atom stereocenters. The van der Waals surface area contributed by atoms with Crippen molar-refractivity contribution < 1.29 is 32.8 Å². The first kappa shape index (κ1) is 31.3. The Morgan fingerprint density at radius 1 is 1.05 bits per heavy atom. The number of amides is 5. The largest absolute Gasteiger partial charge is 0.491 e. The van der Waals surface area contributed by atoms with Crippen molar-refractivity contribution in [3.63, 3.8) is 0 Å². The number of carbonyl (C=O) groups is 3.